The van der Waals surface area contributed by atoms with Gasteiger partial charge in [-0.25, -0.2) is 0 Å². The smallest absolute Gasteiger partial charge is 0.353 e. The summed E-state index contributed by atoms with van der Waals surface area (Å²) >= 11 is 0. The fraction of sp³-hybridized carbons (Fsp3) is 1.00. The Bertz CT molecular complexity index is 227. The molecule has 2 atom stereocenters. The number of epoxide rings is 1. The molecule has 0 aromatic heterocycles. The van der Waals surface area contributed by atoms with Crippen molar-refractivity contribution in [2.45, 2.75) is 30.5 Å². The van der Waals surface area contributed by atoms with E-state index in [0.717, 1.165) is 0 Å². The highest BCUT2D eigenvalue weighted by atomic mass is 19.4. The topological polar surface area (TPSA) is 12.5 Å². The van der Waals surface area contributed by atoms with Crippen molar-refractivity contribution in [1.29, 1.82) is 0 Å². The summed E-state index contributed by atoms with van der Waals surface area (Å²) in [5.74, 6) is -5.47. The van der Waals surface area contributed by atoms with E-state index in [2.05, 4.69) is 4.74 Å². The summed E-state index contributed by atoms with van der Waals surface area (Å²) in [6, 6.07) is 0. The molecule has 0 N–H and O–H groups in total. The molecule has 0 aliphatic carbocycles. The van der Waals surface area contributed by atoms with E-state index >= 15 is 0 Å². The Morgan fingerprint density at radius 2 is 1.14 bits per heavy atom. The second-order valence-electron chi connectivity index (χ2n) is 2.64. The third kappa shape index (κ3) is 1.77. The van der Waals surface area contributed by atoms with Crippen LogP contribution >= 0.6 is 0 Å². The molecule has 14 heavy (non-hydrogen) atoms. The molecule has 1 heterocycles. The fourth-order valence-electron chi connectivity index (χ4n) is 0.798. The first-order chi connectivity index (χ1) is 5.98. The molecule has 2 unspecified atom stereocenters. The van der Waals surface area contributed by atoms with E-state index < -0.39 is 30.5 Å². The van der Waals surface area contributed by atoms with Crippen LogP contribution in [0.4, 0.5) is 35.1 Å². The van der Waals surface area contributed by atoms with Crippen LogP contribution in [0.2, 0.25) is 0 Å². The Labute approximate surface area is 71.6 Å². The van der Waals surface area contributed by atoms with E-state index in [0.29, 0.717) is 0 Å². The van der Waals surface area contributed by atoms with Gasteiger partial charge >= 0.3 is 18.3 Å². The SMILES string of the molecule is FC(F)(F)C1OC1C(F)(F)C(F)(F)F. The number of alkyl halides is 8. The van der Waals surface area contributed by atoms with Crippen molar-refractivity contribution in [2.24, 2.45) is 0 Å². The molecule has 0 radical (unpaired) electrons. The van der Waals surface area contributed by atoms with E-state index in [-0.39, 0.29) is 0 Å². The Morgan fingerprint density at radius 3 is 1.36 bits per heavy atom. The van der Waals surface area contributed by atoms with Gasteiger partial charge in [-0.2, -0.15) is 35.1 Å². The first-order valence-electron chi connectivity index (χ1n) is 3.14. The molecule has 0 aromatic carbocycles. The molecule has 1 rings (SSSR count). The number of rotatable bonds is 1. The van der Waals surface area contributed by atoms with Crippen LogP contribution in [0.5, 0.6) is 0 Å². The molecular formula is C5H2F8O. The Kier molecular flexibility index (Phi) is 2.22. The molecule has 1 aliphatic rings. The molecule has 0 bridgehead atoms. The van der Waals surface area contributed by atoms with Crippen molar-refractivity contribution in [3.8, 4) is 0 Å². The first-order valence-corrected chi connectivity index (χ1v) is 3.14. The van der Waals surface area contributed by atoms with E-state index in [1.165, 1.54) is 0 Å². The fourth-order valence-corrected chi connectivity index (χ4v) is 0.798. The summed E-state index contributed by atoms with van der Waals surface area (Å²) in [5.41, 5.74) is 0. The Hall–Kier alpha value is -0.600. The Morgan fingerprint density at radius 1 is 0.714 bits per heavy atom. The summed E-state index contributed by atoms with van der Waals surface area (Å²) in [6.07, 6.45) is -17.4. The largest absolute Gasteiger partial charge is 0.456 e. The average Bonchev–Trinajstić information content (AvgIpc) is 2.57. The third-order valence-electron chi connectivity index (χ3n) is 1.55. The van der Waals surface area contributed by atoms with Crippen molar-refractivity contribution < 1.29 is 39.9 Å². The summed E-state index contributed by atoms with van der Waals surface area (Å²) in [4.78, 5) is 0. The van der Waals surface area contributed by atoms with E-state index in [4.69, 9.17) is 0 Å². The molecule has 1 fully saturated rings. The lowest BCUT2D eigenvalue weighted by Crippen LogP contribution is -2.43. The van der Waals surface area contributed by atoms with Gasteiger partial charge in [0, 0.05) is 0 Å². The van der Waals surface area contributed by atoms with Gasteiger partial charge in [0.25, 0.3) is 0 Å². The van der Waals surface area contributed by atoms with Gasteiger partial charge in [-0.3, -0.25) is 0 Å². The maximum atomic E-state index is 12.1. The highest BCUT2D eigenvalue weighted by Gasteiger charge is 2.76. The van der Waals surface area contributed by atoms with Gasteiger partial charge in [-0.15, -0.1) is 0 Å². The Balaban J connectivity index is 2.72. The van der Waals surface area contributed by atoms with Gasteiger partial charge in [0.2, 0.25) is 0 Å². The van der Waals surface area contributed by atoms with E-state index in [1.54, 1.807) is 0 Å². The first kappa shape index (κ1) is 11.5. The van der Waals surface area contributed by atoms with Gasteiger partial charge in [0.05, 0.1) is 0 Å². The minimum atomic E-state index is -6.03. The van der Waals surface area contributed by atoms with Gasteiger partial charge < -0.3 is 4.74 Å². The number of halogens is 8. The highest BCUT2D eigenvalue weighted by molar-refractivity contribution is 5.03. The van der Waals surface area contributed by atoms with E-state index in [1.807, 2.05) is 0 Å². The molecule has 1 aliphatic heterocycles. The van der Waals surface area contributed by atoms with Gasteiger partial charge in [0.15, 0.2) is 12.2 Å². The van der Waals surface area contributed by atoms with Crippen LogP contribution in [0.1, 0.15) is 0 Å². The van der Waals surface area contributed by atoms with Gasteiger partial charge in [-0.1, -0.05) is 0 Å². The molecule has 0 spiro atoms. The summed E-state index contributed by atoms with van der Waals surface area (Å²) in [5, 5.41) is 0. The molecule has 1 saturated heterocycles. The summed E-state index contributed by atoms with van der Waals surface area (Å²) < 4.78 is 96.8. The molecule has 0 aromatic rings. The van der Waals surface area contributed by atoms with E-state index in [9.17, 15) is 35.1 Å². The van der Waals surface area contributed by atoms with Gasteiger partial charge in [0.1, 0.15) is 0 Å². The normalized spacial score (nSPS) is 29.1. The predicted molar refractivity (Wildman–Crippen MR) is 25.7 cm³/mol. The summed E-state index contributed by atoms with van der Waals surface area (Å²) in [6.45, 7) is 0. The standard InChI is InChI=1S/C5H2F8O/c6-3(7,5(11,12)13)1-2(14-1)4(8,9)10/h1-2H. The number of hydrogen-bond acceptors (Lipinski definition) is 1. The lowest BCUT2D eigenvalue weighted by atomic mass is 10.2. The van der Waals surface area contributed by atoms with Crippen molar-refractivity contribution >= 4 is 0 Å². The number of hydrogen-bond donors (Lipinski definition) is 0. The van der Waals surface area contributed by atoms with Crippen molar-refractivity contribution in [2.75, 3.05) is 0 Å². The zero-order valence-electron chi connectivity index (χ0n) is 6.09. The molecular weight excluding hydrogens is 228 g/mol. The molecule has 84 valence electrons. The van der Waals surface area contributed by atoms with Crippen LogP contribution in [-0.2, 0) is 4.74 Å². The van der Waals surface area contributed by atoms with Crippen LogP contribution in [0, 0.1) is 0 Å². The van der Waals surface area contributed by atoms with Crippen LogP contribution in [0.15, 0.2) is 0 Å². The second kappa shape index (κ2) is 2.71. The maximum absolute atomic E-state index is 12.1. The molecule has 1 nitrogen and oxygen atoms in total. The van der Waals surface area contributed by atoms with Crippen LogP contribution in [-0.4, -0.2) is 30.5 Å². The van der Waals surface area contributed by atoms with Crippen molar-refractivity contribution in [3.05, 3.63) is 0 Å². The monoisotopic (exact) mass is 230 g/mol. The minimum Gasteiger partial charge on any atom is -0.353 e. The molecule has 0 amide bonds. The zero-order chi connectivity index (χ0) is 11.4. The summed E-state index contributed by atoms with van der Waals surface area (Å²) in [7, 11) is 0. The highest BCUT2D eigenvalue weighted by Crippen LogP contribution is 2.51. The van der Waals surface area contributed by atoms with Crippen LogP contribution in [0.25, 0.3) is 0 Å². The van der Waals surface area contributed by atoms with Crippen molar-refractivity contribution in [1.82, 2.24) is 0 Å². The second-order valence-corrected chi connectivity index (χ2v) is 2.64. The molecule has 0 saturated carbocycles. The number of ether oxygens (including phenoxy) is 1. The van der Waals surface area contributed by atoms with Crippen LogP contribution in [0.3, 0.4) is 0 Å². The average molecular weight is 230 g/mol. The lowest BCUT2D eigenvalue weighted by molar-refractivity contribution is -0.289. The minimum absolute atomic E-state index is 3.03. The van der Waals surface area contributed by atoms with Crippen LogP contribution < -0.4 is 0 Å². The maximum Gasteiger partial charge on any atom is 0.456 e. The van der Waals surface area contributed by atoms with Crippen molar-refractivity contribution in [3.63, 3.8) is 0 Å². The molecule has 9 heteroatoms. The predicted octanol–water partition coefficient (Wildman–Crippen LogP) is 2.51. The quantitative estimate of drug-likeness (QED) is 0.498. The third-order valence-corrected chi connectivity index (χ3v) is 1.55. The zero-order valence-corrected chi connectivity index (χ0v) is 6.09. The van der Waals surface area contributed by atoms with Gasteiger partial charge in [-0.05, 0) is 0 Å². The lowest BCUT2D eigenvalue weighted by Gasteiger charge is -2.17.